The first-order valence-electron chi connectivity index (χ1n) is 5.90. The first kappa shape index (κ1) is 12.7. The lowest BCUT2D eigenvalue weighted by atomic mass is 10.0. The quantitative estimate of drug-likeness (QED) is 0.870. The normalized spacial score (nSPS) is 12.6. The largest absolute Gasteiger partial charge is 0.382 e. The van der Waals surface area contributed by atoms with Gasteiger partial charge >= 0.3 is 0 Å². The van der Waals surface area contributed by atoms with E-state index in [1.807, 2.05) is 31.2 Å². The molecule has 5 heteroatoms. The zero-order chi connectivity index (χ0) is 13.0. The molecular weight excluding hydrogens is 230 g/mol. The fourth-order valence-corrected chi connectivity index (χ4v) is 1.91. The maximum absolute atomic E-state index is 10.3. The van der Waals surface area contributed by atoms with Crippen molar-refractivity contribution >= 4 is 0 Å². The van der Waals surface area contributed by atoms with Crippen LogP contribution in [-0.2, 0) is 17.9 Å². The van der Waals surface area contributed by atoms with Crippen LogP contribution in [0.5, 0.6) is 0 Å². The first-order chi connectivity index (χ1) is 8.76. The topological polar surface area (TPSA) is 60.2 Å². The molecule has 0 spiro atoms. The van der Waals surface area contributed by atoms with E-state index in [4.69, 9.17) is 4.74 Å². The minimum absolute atomic E-state index is 0.534. The average molecular weight is 247 g/mol. The van der Waals surface area contributed by atoms with Crippen molar-refractivity contribution in [2.24, 2.45) is 0 Å². The monoisotopic (exact) mass is 247 g/mol. The van der Waals surface area contributed by atoms with E-state index in [1.165, 1.54) is 0 Å². The number of nitrogens with zero attached hydrogens (tertiary/aromatic N) is 3. The van der Waals surface area contributed by atoms with Crippen LogP contribution in [0.15, 0.2) is 30.5 Å². The number of aliphatic hydroxyl groups excluding tert-OH is 1. The van der Waals surface area contributed by atoms with Gasteiger partial charge in [-0.15, -0.1) is 5.10 Å². The van der Waals surface area contributed by atoms with Crippen LogP contribution in [0, 0.1) is 0 Å². The Balaban J connectivity index is 2.28. The number of aliphatic hydroxyl groups is 1. The molecule has 1 N–H and O–H groups in total. The van der Waals surface area contributed by atoms with Crippen molar-refractivity contribution in [3.05, 3.63) is 47.3 Å². The van der Waals surface area contributed by atoms with Gasteiger partial charge in [-0.3, -0.25) is 0 Å². The number of aryl methyl sites for hydroxylation is 1. The van der Waals surface area contributed by atoms with Gasteiger partial charge in [0.25, 0.3) is 0 Å². The smallest absolute Gasteiger partial charge is 0.122 e. The zero-order valence-corrected chi connectivity index (χ0v) is 10.6. The Morgan fingerprint density at radius 1 is 1.44 bits per heavy atom. The maximum atomic E-state index is 10.3. The van der Waals surface area contributed by atoms with E-state index in [1.54, 1.807) is 18.0 Å². The van der Waals surface area contributed by atoms with Gasteiger partial charge in [-0.1, -0.05) is 29.5 Å². The molecule has 5 nitrogen and oxygen atoms in total. The minimum atomic E-state index is -0.711. The summed E-state index contributed by atoms with van der Waals surface area (Å²) in [4.78, 5) is 0. The Morgan fingerprint density at radius 3 is 3.00 bits per heavy atom. The summed E-state index contributed by atoms with van der Waals surface area (Å²) in [5.74, 6) is 0. The molecule has 0 fully saturated rings. The summed E-state index contributed by atoms with van der Waals surface area (Å²) in [6.07, 6.45) is 0.883. The Kier molecular flexibility index (Phi) is 4.07. The molecule has 96 valence electrons. The van der Waals surface area contributed by atoms with Crippen molar-refractivity contribution in [1.82, 2.24) is 15.0 Å². The molecule has 2 rings (SSSR count). The fourth-order valence-electron chi connectivity index (χ4n) is 1.91. The lowest BCUT2D eigenvalue weighted by Gasteiger charge is -2.12. The summed E-state index contributed by atoms with van der Waals surface area (Å²) in [7, 11) is 1.65. The molecule has 0 aliphatic heterocycles. The van der Waals surface area contributed by atoms with Gasteiger partial charge in [0.05, 0.1) is 18.5 Å². The Morgan fingerprint density at radius 2 is 2.28 bits per heavy atom. The van der Waals surface area contributed by atoms with E-state index in [2.05, 4.69) is 10.3 Å². The predicted molar refractivity (Wildman–Crippen MR) is 66.9 cm³/mol. The van der Waals surface area contributed by atoms with Gasteiger partial charge in [0, 0.05) is 13.7 Å². The number of rotatable bonds is 5. The van der Waals surface area contributed by atoms with Gasteiger partial charge in [0.2, 0.25) is 0 Å². The highest BCUT2D eigenvalue weighted by Crippen LogP contribution is 2.22. The van der Waals surface area contributed by atoms with Crippen LogP contribution in [0.3, 0.4) is 0 Å². The Hall–Kier alpha value is -1.72. The van der Waals surface area contributed by atoms with Crippen molar-refractivity contribution in [2.45, 2.75) is 26.2 Å². The third-order valence-electron chi connectivity index (χ3n) is 2.81. The Bertz CT molecular complexity index is 510. The number of benzene rings is 1. The van der Waals surface area contributed by atoms with E-state index in [-0.39, 0.29) is 0 Å². The fraction of sp³-hybridized carbons (Fsp3) is 0.385. The summed E-state index contributed by atoms with van der Waals surface area (Å²) in [5.41, 5.74) is 2.55. The number of methoxy groups -OCH3 is 1. The van der Waals surface area contributed by atoms with Crippen LogP contribution in [0.25, 0.3) is 0 Å². The van der Waals surface area contributed by atoms with Crippen LogP contribution in [0.2, 0.25) is 0 Å². The number of hydrogen-bond donors (Lipinski definition) is 1. The summed E-state index contributed by atoms with van der Waals surface area (Å²) in [5, 5.41) is 18.1. The van der Waals surface area contributed by atoms with Gasteiger partial charge in [0.1, 0.15) is 6.10 Å². The first-order valence-corrected chi connectivity index (χ1v) is 5.90. The van der Waals surface area contributed by atoms with Crippen LogP contribution < -0.4 is 0 Å². The zero-order valence-electron chi connectivity index (χ0n) is 10.6. The van der Waals surface area contributed by atoms with Crippen LogP contribution >= 0.6 is 0 Å². The molecule has 0 saturated carbocycles. The van der Waals surface area contributed by atoms with E-state index in [0.717, 1.165) is 11.1 Å². The van der Waals surface area contributed by atoms with Crippen LogP contribution in [-0.4, -0.2) is 27.2 Å². The van der Waals surface area contributed by atoms with Gasteiger partial charge in [0.15, 0.2) is 0 Å². The molecule has 0 aliphatic carbocycles. The van der Waals surface area contributed by atoms with Crippen molar-refractivity contribution in [2.75, 3.05) is 7.11 Å². The lowest BCUT2D eigenvalue weighted by molar-refractivity contribution is 0.183. The standard InChI is InChI=1S/C13H17N3O2/c1-3-16-12(8-14-15-16)13(17)11-6-4-5-10(7-11)9-18-2/h4-8,13,17H,3,9H2,1-2H3. The van der Waals surface area contributed by atoms with Crippen LogP contribution in [0.1, 0.15) is 29.8 Å². The SMILES string of the molecule is CCn1nncc1C(O)c1cccc(COC)c1. The van der Waals surface area contributed by atoms with Crippen molar-refractivity contribution in [3.8, 4) is 0 Å². The van der Waals surface area contributed by atoms with Crippen molar-refractivity contribution < 1.29 is 9.84 Å². The average Bonchev–Trinajstić information content (AvgIpc) is 2.87. The van der Waals surface area contributed by atoms with Gasteiger partial charge < -0.3 is 9.84 Å². The van der Waals surface area contributed by atoms with E-state index < -0.39 is 6.10 Å². The molecule has 1 aromatic heterocycles. The lowest BCUT2D eigenvalue weighted by Crippen LogP contribution is -2.09. The molecule has 1 unspecified atom stereocenters. The molecule has 18 heavy (non-hydrogen) atoms. The maximum Gasteiger partial charge on any atom is 0.122 e. The molecular formula is C13H17N3O2. The van der Waals surface area contributed by atoms with Crippen molar-refractivity contribution in [3.63, 3.8) is 0 Å². The van der Waals surface area contributed by atoms with Crippen molar-refractivity contribution in [1.29, 1.82) is 0 Å². The van der Waals surface area contributed by atoms with E-state index >= 15 is 0 Å². The third kappa shape index (κ3) is 2.57. The second-order valence-corrected chi connectivity index (χ2v) is 4.06. The number of aromatic nitrogens is 3. The van der Waals surface area contributed by atoms with Crippen LogP contribution in [0.4, 0.5) is 0 Å². The molecule has 0 bridgehead atoms. The molecule has 2 aromatic rings. The van der Waals surface area contributed by atoms with Gasteiger partial charge in [-0.05, 0) is 18.1 Å². The second-order valence-electron chi connectivity index (χ2n) is 4.06. The minimum Gasteiger partial charge on any atom is -0.382 e. The second kappa shape index (κ2) is 5.75. The highest BCUT2D eigenvalue weighted by atomic mass is 16.5. The third-order valence-corrected chi connectivity index (χ3v) is 2.81. The molecule has 1 atom stereocenters. The molecule has 1 heterocycles. The van der Waals surface area contributed by atoms with Gasteiger partial charge in [-0.25, -0.2) is 4.68 Å². The highest BCUT2D eigenvalue weighted by Gasteiger charge is 2.15. The van der Waals surface area contributed by atoms with Gasteiger partial charge in [-0.2, -0.15) is 0 Å². The molecule has 0 amide bonds. The molecule has 1 aromatic carbocycles. The Labute approximate surface area is 106 Å². The summed E-state index contributed by atoms with van der Waals surface area (Å²) < 4.78 is 6.77. The summed E-state index contributed by atoms with van der Waals surface area (Å²) in [6, 6.07) is 7.69. The number of ether oxygens (including phenoxy) is 1. The van der Waals surface area contributed by atoms with E-state index in [0.29, 0.717) is 18.8 Å². The van der Waals surface area contributed by atoms with E-state index in [9.17, 15) is 5.11 Å². The predicted octanol–water partition coefficient (Wildman–Crippen LogP) is 1.53. The number of hydrogen-bond acceptors (Lipinski definition) is 4. The molecule has 0 aliphatic rings. The highest BCUT2D eigenvalue weighted by molar-refractivity contribution is 5.29. The molecule has 0 radical (unpaired) electrons. The summed E-state index contributed by atoms with van der Waals surface area (Å²) >= 11 is 0. The summed E-state index contributed by atoms with van der Waals surface area (Å²) in [6.45, 7) is 3.18. The molecule has 0 saturated heterocycles.